The number of fused-ring (bicyclic) bond motifs is 7. The number of pyridine rings is 1. The molecule has 8 rings (SSSR count). The van der Waals surface area contributed by atoms with Crippen LogP contribution < -0.4 is 0 Å². The second kappa shape index (κ2) is 8.02. The summed E-state index contributed by atoms with van der Waals surface area (Å²) in [6.07, 6.45) is 1.88. The normalized spacial score (nSPS) is 13.6. The van der Waals surface area contributed by atoms with Crippen LogP contribution in [0.3, 0.4) is 0 Å². The zero-order chi connectivity index (χ0) is 26.1. The average Bonchev–Trinajstić information content (AvgIpc) is 3.60. The van der Waals surface area contributed by atoms with Gasteiger partial charge in [0.15, 0.2) is 5.65 Å². The summed E-state index contributed by atoms with van der Waals surface area (Å²) in [5, 5.41) is 1.15. The first-order valence-corrected chi connectivity index (χ1v) is 13.4. The van der Waals surface area contributed by atoms with Gasteiger partial charge in [0.05, 0.1) is 22.3 Å². The Morgan fingerprint density at radius 1 is 0.615 bits per heavy atom. The molecule has 0 aliphatic carbocycles. The van der Waals surface area contributed by atoms with Gasteiger partial charge < -0.3 is 0 Å². The molecule has 186 valence electrons. The molecule has 1 aliphatic rings. The van der Waals surface area contributed by atoms with Crippen molar-refractivity contribution in [2.45, 2.75) is 19.3 Å². The molecule has 0 saturated carbocycles. The minimum Gasteiger partial charge on any atom is -0.294 e. The molecule has 4 nitrogen and oxygen atoms in total. The highest BCUT2D eigenvalue weighted by Gasteiger charge is 2.41. The predicted octanol–water partition coefficient (Wildman–Crippen LogP) is 8.34. The molecule has 4 heteroatoms. The van der Waals surface area contributed by atoms with Crippen LogP contribution in [-0.4, -0.2) is 19.1 Å². The molecule has 0 radical (unpaired) electrons. The van der Waals surface area contributed by atoms with Crippen molar-refractivity contribution in [1.29, 1.82) is 0 Å². The van der Waals surface area contributed by atoms with Crippen molar-refractivity contribution in [1.82, 2.24) is 19.1 Å². The van der Waals surface area contributed by atoms with Crippen molar-refractivity contribution in [2.24, 2.45) is 0 Å². The highest BCUT2D eigenvalue weighted by molar-refractivity contribution is 6.07. The molecule has 3 aromatic heterocycles. The summed E-state index contributed by atoms with van der Waals surface area (Å²) >= 11 is 0. The van der Waals surface area contributed by atoms with Gasteiger partial charge in [0.2, 0.25) is 0 Å². The van der Waals surface area contributed by atoms with Crippen LogP contribution in [0.1, 0.15) is 25.4 Å². The maximum atomic E-state index is 5.30. The molecular formula is C35H26N4. The number of para-hydroxylation sites is 1. The Morgan fingerprint density at radius 3 is 1.95 bits per heavy atom. The van der Waals surface area contributed by atoms with E-state index in [1.165, 1.54) is 22.3 Å². The summed E-state index contributed by atoms with van der Waals surface area (Å²) in [6, 6.07) is 40.9. The SMILES string of the molecule is CC1(C)c2ncccc2-n2c1nc1c3ccccc3n(-c3cc(-c4ccccc4)cc(-c4ccccc4)c3)c12. The summed E-state index contributed by atoms with van der Waals surface area (Å²) in [5.41, 5.74) is 11.0. The molecule has 0 N–H and O–H groups in total. The van der Waals surface area contributed by atoms with E-state index in [0.717, 1.165) is 45.0 Å². The summed E-state index contributed by atoms with van der Waals surface area (Å²) in [5.74, 6) is 1.03. The van der Waals surface area contributed by atoms with Crippen LogP contribution in [0, 0.1) is 0 Å². The first-order valence-electron chi connectivity index (χ1n) is 13.4. The van der Waals surface area contributed by atoms with Crippen molar-refractivity contribution in [3.63, 3.8) is 0 Å². The smallest absolute Gasteiger partial charge is 0.151 e. The molecule has 1 aliphatic heterocycles. The maximum absolute atomic E-state index is 5.30. The van der Waals surface area contributed by atoms with E-state index in [0.29, 0.717) is 0 Å². The van der Waals surface area contributed by atoms with Crippen molar-refractivity contribution in [3.8, 4) is 33.6 Å². The van der Waals surface area contributed by atoms with E-state index in [-0.39, 0.29) is 5.41 Å². The van der Waals surface area contributed by atoms with E-state index in [9.17, 15) is 0 Å². The topological polar surface area (TPSA) is 35.6 Å². The van der Waals surface area contributed by atoms with Crippen molar-refractivity contribution in [3.05, 3.63) is 133 Å². The van der Waals surface area contributed by atoms with Gasteiger partial charge in [-0.15, -0.1) is 0 Å². The van der Waals surface area contributed by atoms with Crippen LogP contribution in [0.4, 0.5) is 0 Å². The fraction of sp³-hybridized carbons (Fsp3) is 0.0857. The third kappa shape index (κ3) is 3.12. The van der Waals surface area contributed by atoms with E-state index in [1.54, 1.807) is 0 Å². The Labute approximate surface area is 226 Å². The maximum Gasteiger partial charge on any atom is 0.151 e. The molecule has 39 heavy (non-hydrogen) atoms. The monoisotopic (exact) mass is 502 g/mol. The first-order chi connectivity index (χ1) is 19.1. The van der Waals surface area contributed by atoms with Crippen molar-refractivity contribution < 1.29 is 0 Å². The minimum absolute atomic E-state index is 0.289. The predicted molar refractivity (Wildman–Crippen MR) is 159 cm³/mol. The zero-order valence-electron chi connectivity index (χ0n) is 21.8. The number of rotatable bonds is 3. The van der Waals surface area contributed by atoms with Gasteiger partial charge in [-0.1, -0.05) is 78.9 Å². The average molecular weight is 503 g/mol. The Hall–Kier alpha value is -4.96. The van der Waals surface area contributed by atoms with Crippen LogP contribution in [0.25, 0.3) is 55.7 Å². The van der Waals surface area contributed by atoms with Crippen LogP contribution in [0.2, 0.25) is 0 Å². The van der Waals surface area contributed by atoms with Crippen LogP contribution in [0.15, 0.2) is 121 Å². The number of hydrogen-bond acceptors (Lipinski definition) is 2. The number of benzene rings is 4. The lowest BCUT2D eigenvalue weighted by Gasteiger charge is -2.16. The molecule has 0 atom stereocenters. The van der Waals surface area contributed by atoms with E-state index in [1.807, 2.05) is 12.3 Å². The van der Waals surface area contributed by atoms with Gasteiger partial charge in [0, 0.05) is 17.3 Å². The molecule has 0 unspecified atom stereocenters. The molecule has 4 aromatic carbocycles. The molecule has 0 spiro atoms. The summed E-state index contributed by atoms with van der Waals surface area (Å²) in [4.78, 5) is 10.1. The highest BCUT2D eigenvalue weighted by Crippen LogP contribution is 2.46. The number of hydrogen-bond donors (Lipinski definition) is 0. The van der Waals surface area contributed by atoms with E-state index in [4.69, 9.17) is 9.97 Å². The number of nitrogens with zero attached hydrogens (tertiary/aromatic N) is 4. The largest absolute Gasteiger partial charge is 0.294 e. The van der Waals surface area contributed by atoms with Crippen molar-refractivity contribution in [2.75, 3.05) is 0 Å². The third-order valence-corrected chi connectivity index (χ3v) is 8.03. The lowest BCUT2D eigenvalue weighted by Crippen LogP contribution is -2.18. The van der Waals surface area contributed by atoms with Crippen LogP contribution in [-0.2, 0) is 5.41 Å². The van der Waals surface area contributed by atoms with Gasteiger partial charge in [-0.3, -0.25) is 14.1 Å². The Bertz CT molecular complexity index is 1970. The first kappa shape index (κ1) is 22.1. The van der Waals surface area contributed by atoms with Gasteiger partial charge in [0.1, 0.15) is 11.3 Å². The molecule has 0 fully saturated rings. The molecule has 0 saturated heterocycles. The quantitative estimate of drug-likeness (QED) is 0.243. The zero-order valence-corrected chi connectivity index (χ0v) is 21.8. The van der Waals surface area contributed by atoms with Gasteiger partial charge >= 0.3 is 0 Å². The highest BCUT2D eigenvalue weighted by atomic mass is 15.2. The Kier molecular flexibility index (Phi) is 4.54. The minimum atomic E-state index is -0.289. The molecule has 0 bridgehead atoms. The van der Waals surface area contributed by atoms with Gasteiger partial charge in [0.25, 0.3) is 0 Å². The lowest BCUT2D eigenvalue weighted by atomic mass is 9.90. The van der Waals surface area contributed by atoms with E-state index >= 15 is 0 Å². The van der Waals surface area contributed by atoms with Crippen LogP contribution >= 0.6 is 0 Å². The second-order valence-corrected chi connectivity index (χ2v) is 10.8. The Balaban J connectivity index is 1.50. The van der Waals surface area contributed by atoms with Crippen LogP contribution in [0.5, 0.6) is 0 Å². The number of aromatic nitrogens is 4. The summed E-state index contributed by atoms with van der Waals surface area (Å²) < 4.78 is 4.72. The summed E-state index contributed by atoms with van der Waals surface area (Å²) in [6.45, 7) is 4.44. The van der Waals surface area contributed by atoms with Crippen molar-refractivity contribution >= 4 is 22.1 Å². The molecule has 4 heterocycles. The van der Waals surface area contributed by atoms with Gasteiger partial charge in [-0.2, -0.15) is 0 Å². The number of imidazole rings is 1. The van der Waals surface area contributed by atoms with Gasteiger partial charge in [-0.25, -0.2) is 4.98 Å². The van der Waals surface area contributed by atoms with Gasteiger partial charge in [-0.05, 0) is 72.5 Å². The second-order valence-electron chi connectivity index (χ2n) is 10.8. The molecule has 7 aromatic rings. The summed E-state index contributed by atoms with van der Waals surface area (Å²) in [7, 11) is 0. The van der Waals surface area contributed by atoms with E-state index in [2.05, 4.69) is 132 Å². The third-order valence-electron chi connectivity index (χ3n) is 8.03. The molecular weight excluding hydrogens is 476 g/mol. The van der Waals surface area contributed by atoms with E-state index < -0.39 is 0 Å². The standard InChI is InChI=1S/C35H26N4/c1-35(2)32-30(18-11-19-36-32)39-33-31(37-34(35)39)28-16-9-10-17-29(28)38(33)27-21-25(23-12-5-3-6-13-23)20-26(22-27)24-14-7-4-8-15-24/h3-22H,1-2H3. The fourth-order valence-electron chi connectivity index (χ4n) is 6.19. The lowest BCUT2D eigenvalue weighted by molar-refractivity contribution is 0.603. The molecule has 0 amide bonds. The fourth-order valence-corrected chi connectivity index (χ4v) is 6.19. The Morgan fingerprint density at radius 2 is 1.26 bits per heavy atom.